The van der Waals surface area contributed by atoms with E-state index in [4.69, 9.17) is 5.73 Å². The quantitative estimate of drug-likeness (QED) is 0.819. The highest BCUT2D eigenvalue weighted by Gasteiger charge is 2.03. The SMILES string of the molecule is C[C@@H](N)c1ccc(N(C)CCCN(C)C)cc1. The summed E-state index contributed by atoms with van der Waals surface area (Å²) in [4.78, 5) is 4.50. The highest BCUT2D eigenvalue weighted by molar-refractivity contribution is 5.47. The number of hydrogen-bond acceptors (Lipinski definition) is 3. The first-order valence-electron chi connectivity index (χ1n) is 6.22. The molecule has 3 heteroatoms. The van der Waals surface area contributed by atoms with Gasteiger partial charge in [-0.2, -0.15) is 0 Å². The third-order valence-electron chi connectivity index (χ3n) is 2.96. The fraction of sp³-hybridized carbons (Fsp3) is 0.571. The van der Waals surface area contributed by atoms with Crippen molar-refractivity contribution in [2.24, 2.45) is 5.73 Å². The van der Waals surface area contributed by atoms with Crippen LogP contribution < -0.4 is 10.6 Å². The molecule has 17 heavy (non-hydrogen) atoms. The smallest absolute Gasteiger partial charge is 0.0363 e. The first kappa shape index (κ1) is 14.0. The van der Waals surface area contributed by atoms with Gasteiger partial charge in [-0.3, -0.25) is 0 Å². The van der Waals surface area contributed by atoms with Crippen LogP contribution in [0.1, 0.15) is 24.9 Å². The number of benzene rings is 1. The zero-order valence-corrected chi connectivity index (χ0v) is 11.5. The van der Waals surface area contributed by atoms with Crippen molar-refractivity contribution in [2.45, 2.75) is 19.4 Å². The predicted octanol–water partition coefficient (Wildman–Crippen LogP) is 2.09. The molecule has 0 aliphatic carbocycles. The van der Waals surface area contributed by atoms with Crippen LogP contribution in [0.4, 0.5) is 5.69 Å². The molecule has 96 valence electrons. The van der Waals surface area contributed by atoms with Crippen molar-refractivity contribution in [2.75, 3.05) is 39.1 Å². The molecule has 0 aliphatic heterocycles. The van der Waals surface area contributed by atoms with E-state index in [1.165, 1.54) is 17.7 Å². The lowest BCUT2D eigenvalue weighted by Crippen LogP contribution is -2.23. The Morgan fingerprint density at radius 1 is 1.06 bits per heavy atom. The third kappa shape index (κ3) is 4.75. The highest BCUT2D eigenvalue weighted by Crippen LogP contribution is 2.17. The monoisotopic (exact) mass is 235 g/mol. The molecule has 0 aliphatic rings. The second-order valence-electron chi connectivity index (χ2n) is 4.96. The van der Waals surface area contributed by atoms with Crippen LogP contribution in [0.5, 0.6) is 0 Å². The molecule has 0 heterocycles. The highest BCUT2D eigenvalue weighted by atomic mass is 15.1. The van der Waals surface area contributed by atoms with Crippen LogP contribution >= 0.6 is 0 Å². The van der Waals surface area contributed by atoms with Crippen molar-refractivity contribution in [3.05, 3.63) is 29.8 Å². The molecule has 0 radical (unpaired) electrons. The lowest BCUT2D eigenvalue weighted by molar-refractivity contribution is 0.401. The molecule has 1 atom stereocenters. The van der Waals surface area contributed by atoms with E-state index < -0.39 is 0 Å². The van der Waals surface area contributed by atoms with E-state index in [2.05, 4.69) is 55.2 Å². The topological polar surface area (TPSA) is 32.5 Å². The van der Waals surface area contributed by atoms with E-state index in [9.17, 15) is 0 Å². The lowest BCUT2D eigenvalue weighted by atomic mass is 10.1. The maximum absolute atomic E-state index is 5.83. The molecule has 0 aromatic heterocycles. The van der Waals surface area contributed by atoms with Crippen molar-refractivity contribution < 1.29 is 0 Å². The third-order valence-corrected chi connectivity index (χ3v) is 2.96. The molecule has 3 nitrogen and oxygen atoms in total. The van der Waals surface area contributed by atoms with E-state index in [-0.39, 0.29) is 6.04 Å². The molecule has 1 aromatic carbocycles. The summed E-state index contributed by atoms with van der Waals surface area (Å²) in [5.74, 6) is 0. The number of anilines is 1. The van der Waals surface area contributed by atoms with Crippen LogP contribution in [0.25, 0.3) is 0 Å². The molecule has 1 rings (SSSR count). The lowest BCUT2D eigenvalue weighted by Gasteiger charge is -2.21. The Morgan fingerprint density at radius 3 is 2.12 bits per heavy atom. The molecule has 0 bridgehead atoms. The van der Waals surface area contributed by atoms with Gasteiger partial charge in [0.05, 0.1) is 0 Å². The molecule has 0 fully saturated rings. The molecular formula is C14H25N3. The largest absolute Gasteiger partial charge is 0.375 e. The normalized spacial score (nSPS) is 12.8. The summed E-state index contributed by atoms with van der Waals surface area (Å²) in [5, 5.41) is 0. The molecule has 0 amide bonds. The van der Waals surface area contributed by atoms with Gasteiger partial charge in [-0.1, -0.05) is 12.1 Å². The second kappa shape index (κ2) is 6.62. The van der Waals surface area contributed by atoms with Gasteiger partial charge in [-0.15, -0.1) is 0 Å². The summed E-state index contributed by atoms with van der Waals surface area (Å²) in [6, 6.07) is 8.64. The molecular weight excluding hydrogens is 210 g/mol. The number of rotatable bonds is 6. The Balaban J connectivity index is 2.48. The Labute approximate surface area is 105 Å². The van der Waals surface area contributed by atoms with Gasteiger partial charge in [-0.25, -0.2) is 0 Å². The van der Waals surface area contributed by atoms with Crippen LogP contribution in [-0.4, -0.2) is 39.1 Å². The zero-order chi connectivity index (χ0) is 12.8. The summed E-state index contributed by atoms with van der Waals surface area (Å²) >= 11 is 0. The summed E-state index contributed by atoms with van der Waals surface area (Å²) in [6.45, 7) is 4.22. The van der Waals surface area contributed by atoms with Gasteiger partial charge in [0.25, 0.3) is 0 Å². The average Bonchev–Trinajstić information content (AvgIpc) is 2.28. The summed E-state index contributed by atoms with van der Waals surface area (Å²) in [7, 11) is 6.35. The minimum absolute atomic E-state index is 0.114. The zero-order valence-electron chi connectivity index (χ0n) is 11.5. The van der Waals surface area contributed by atoms with Gasteiger partial charge in [0.1, 0.15) is 0 Å². The second-order valence-corrected chi connectivity index (χ2v) is 4.96. The summed E-state index contributed by atoms with van der Waals surface area (Å²) in [6.07, 6.45) is 1.18. The van der Waals surface area contributed by atoms with Gasteiger partial charge in [-0.05, 0) is 51.7 Å². The van der Waals surface area contributed by atoms with Gasteiger partial charge >= 0.3 is 0 Å². The van der Waals surface area contributed by atoms with E-state index in [1.807, 2.05) is 6.92 Å². The van der Waals surface area contributed by atoms with E-state index in [0.29, 0.717) is 0 Å². The standard InChI is InChI=1S/C14H25N3/c1-12(15)13-6-8-14(9-7-13)17(4)11-5-10-16(2)3/h6-9,12H,5,10-11,15H2,1-4H3/t12-/m1/s1. The number of nitrogens with two attached hydrogens (primary N) is 1. The summed E-state index contributed by atoms with van der Waals surface area (Å²) in [5.41, 5.74) is 8.28. The fourth-order valence-corrected chi connectivity index (χ4v) is 1.79. The number of nitrogens with zero attached hydrogens (tertiary/aromatic N) is 2. The van der Waals surface area contributed by atoms with E-state index >= 15 is 0 Å². The van der Waals surface area contributed by atoms with Crippen molar-refractivity contribution in [1.29, 1.82) is 0 Å². The van der Waals surface area contributed by atoms with Crippen LogP contribution in [0.2, 0.25) is 0 Å². The molecule has 1 aromatic rings. The molecule has 0 spiro atoms. The van der Waals surface area contributed by atoms with Gasteiger partial charge < -0.3 is 15.5 Å². The molecule has 2 N–H and O–H groups in total. The molecule has 0 unspecified atom stereocenters. The Morgan fingerprint density at radius 2 is 1.65 bits per heavy atom. The van der Waals surface area contributed by atoms with E-state index in [0.717, 1.165) is 13.1 Å². The average molecular weight is 235 g/mol. The molecule has 0 saturated heterocycles. The maximum atomic E-state index is 5.83. The minimum Gasteiger partial charge on any atom is -0.375 e. The fourth-order valence-electron chi connectivity index (χ4n) is 1.79. The van der Waals surface area contributed by atoms with Crippen LogP contribution in [0, 0.1) is 0 Å². The Bertz CT molecular complexity index is 317. The van der Waals surface area contributed by atoms with Crippen LogP contribution in [-0.2, 0) is 0 Å². The minimum atomic E-state index is 0.114. The molecule has 0 saturated carbocycles. The first-order chi connectivity index (χ1) is 8.00. The van der Waals surface area contributed by atoms with Crippen LogP contribution in [0.15, 0.2) is 24.3 Å². The predicted molar refractivity (Wildman–Crippen MR) is 75.5 cm³/mol. The van der Waals surface area contributed by atoms with Crippen LogP contribution in [0.3, 0.4) is 0 Å². The maximum Gasteiger partial charge on any atom is 0.0363 e. The summed E-state index contributed by atoms with van der Waals surface area (Å²) < 4.78 is 0. The Kier molecular flexibility index (Phi) is 5.45. The van der Waals surface area contributed by atoms with Crippen molar-refractivity contribution in [1.82, 2.24) is 4.90 Å². The van der Waals surface area contributed by atoms with E-state index in [1.54, 1.807) is 0 Å². The van der Waals surface area contributed by atoms with Crippen molar-refractivity contribution in [3.63, 3.8) is 0 Å². The van der Waals surface area contributed by atoms with Gasteiger partial charge in [0.2, 0.25) is 0 Å². The Hall–Kier alpha value is -1.06. The first-order valence-corrected chi connectivity index (χ1v) is 6.22. The van der Waals surface area contributed by atoms with Gasteiger partial charge in [0, 0.05) is 25.3 Å². The van der Waals surface area contributed by atoms with Crippen molar-refractivity contribution >= 4 is 5.69 Å². The number of hydrogen-bond donors (Lipinski definition) is 1. The van der Waals surface area contributed by atoms with Gasteiger partial charge in [0.15, 0.2) is 0 Å². The van der Waals surface area contributed by atoms with Crippen molar-refractivity contribution in [3.8, 4) is 0 Å².